The van der Waals surface area contributed by atoms with Gasteiger partial charge in [-0.25, -0.2) is 0 Å². The Morgan fingerprint density at radius 1 is 1.38 bits per heavy atom. The van der Waals surface area contributed by atoms with Crippen molar-refractivity contribution in [2.24, 2.45) is 0 Å². The highest BCUT2D eigenvalue weighted by Gasteiger charge is 2.21. The molecule has 5 nitrogen and oxygen atoms in total. The number of aryl methyl sites for hydroxylation is 1. The van der Waals surface area contributed by atoms with E-state index in [1.807, 2.05) is 17.8 Å². The Labute approximate surface area is 143 Å². The lowest BCUT2D eigenvalue weighted by Crippen LogP contribution is -2.44. The molecule has 0 spiro atoms. The monoisotopic (exact) mass is 326 g/mol. The van der Waals surface area contributed by atoms with E-state index in [1.165, 1.54) is 11.1 Å². The average Bonchev–Trinajstić information content (AvgIpc) is 3.04. The van der Waals surface area contributed by atoms with Crippen molar-refractivity contribution in [2.45, 2.75) is 52.2 Å². The molecule has 0 aliphatic carbocycles. The molecule has 2 heterocycles. The molecule has 5 heteroatoms. The lowest BCUT2D eigenvalue weighted by Gasteiger charge is -2.26. The molecule has 1 atom stereocenters. The smallest absolute Gasteiger partial charge is 0.254 e. The standard InChI is InChI=1S/C19H26N4O/c1-4-23-12-17(18(22-23)13(2)3)19(24)21-11-16-9-14-7-5-6-8-15(14)10-20-16/h5-8,12-13,16,20H,4,9-11H2,1-3H3,(H,21,24). The summed E-state index contributed by atoms with van der Waals surface area (Å²) in [7, 11) is 0. The molecule has 1 unspecified atom stereocenters. The minimum Gasteiger partial charge on any atom is -0.350 e. The van der Waals surface area contributed by atoms with Crippen LogP contribution in [-0.4, -0.2) is 28.3 Å². The van der Waals surface area contributed by atoms with Crippen LogP contribution >= 0.6 is 0 Å². The Morgan fingerprint density at radius 2 is 2.12 bits per heavy atom. The first-order valence-corrected chi connectivity index (χ1v) is 8.74. The number of carbonyl (C=O) groups is 1. The maximum atomic E-state index is 12.6. The highest BCUT2D eigenvalue weighted by atomic mass is 16.1. The van der Waals surface area contributed by atoms with Gasteiger partial charge in [0.05, 0.1) is 11.3 Å². The van der Waals surface area contributed by atoms with Crippen molar-refractivity contribution >= 4 is 5.91 Å². The summed E-state index contributed by atoms with van der Waals surface area (Å²) in [6, 6.07) is 8.75. The molecule has 2 aromatic rings. The normalized spacial score (nSPS) is 16.9. The van der Waals surface area contributed by atoms with Gasteiger partial charge in [-0.3, -0.25) is 9.48 Å². The molecule has 128 valence electrons. The Hall–Kier alpha value is -2.14. The van der Waals surface area contributed by atoms with Crippen LogP contribution < -0.4 is 10.6 Å². The number of hydrogen-bond acceptors (Lipinski definition) is 3. The Morgan fingerprint density at radius 3 is 2.83 bits per heavy atom. The molecular formula is C19H26N4O. The second-order valence-electron chi connectivity index (χ2n) is 6.70. The first kappa shape index (κ1) is 16.7. The Balaban J connectivity index is 1.63. The van der Waals surface area contributed by atoms with Gasteiger partial charge < -0.3 is 10.6 Å². The van der Waals surface area contributed by atoms with E-state index in [1.54, 1.807) is 0 Å². The van der Waals surface area contributed by atoms with Crippen LogP contribution in [0.5, 0.6) is 0 Å². The van der Waals surface area contributed by atoms with Crippen LogP contribution in [-0.2, 0) is 19.5 Å². The summed E-state index contributed by atoms with van der Waals surface area (Å²) in [5.74, 6) is 0.206. The van der Waals surface area contributed by atoms with Crippen LogP contribution in [0, 0.1) is 0 Å². The van der Waals surface area contributed by atoms with E-state index >= 15 is 0 Å². The minimum absolute atomic E-state index is 0.0286. The maximum absolute atomic E-state index is 12.6. The van der Waals surface area contributed by atoms with E-state index in [4.69, 9.17) is 0 Å². The average molecular weight is 326 g/mol. The van der Waals surface area contributed by atoms with Gasteiger partial charge >= 0.3 is 0 Å². The van der Waals surface area contributed by atoms with E-state index in [9.17, 15) is 4.79 Å². The lowest BCUT2D eigenvalue weighted by atomic mass is 9.96. The number of nitrogens with one attached hydrogen (secondary N) is 2. The zero-order chi connectivity index (χ0) is 17.1. The van der Waals surface area contributed by atoms with E-state index in [0.717, 1.165) is 25.2 Å². The van der Waals surface area contributed by atoms with Crippen molar-refractivity contribution in [3.8, 4) is 0 Å². The molecular weight excluding hydrogens is 300 g/mol. The highest BCUT2D eigenvalue weighted by molar-refractivity contribution is 5.95. The number of fused-ring (bicyclic) bond motifs is 1. The molecule has 0 saturated heterocycles. The quantitative estimate of drug-likeness (QED) is 0.887. The summed E-state index contributed by atoms with van der Waals surface area (Å²) in [5.41, 5.74) is 4.29. The summed E-state index contributed by atoms with van der Waals surface area (Å²) in [4.78, 5) is 12.6. The molecule has 0 saturated carbocycles. The molecule has 1 aliphatic heterocycles. The first-order chi connectivity index (χ1) is 11.6. The highest BCUT2D eigenvalue weighted by Crippen LogP contribution is 2.18. The Kier molecular flexibility index (Phi) is 5.00. The van der Waals surface area contributed by atoms with Crippen molar-refractivity contribution in [1.82, 2.24) is 20.4 Å². The van der Waals surface area contributed by atoms with Crippen LogP contribution in [0.4, 0.5) is 0 Å². The van der Waals surface area contributed by atoms with Crippen LogP contribution in [0.2, 0.25) is 0 Å². The number of carbonyl (C=O) groups excluding carboxylic acids is 1. The topological polar surface area (TPSA) is 59.0 Å². The number of benzene rings is 1. The Bertz CT molecular complexity index is 720. The molecule has 0 bridgehead atoms. The van der Waals surface area contributed by atoms with Crippen molar-refractivity contribution in [1.29, 1.82) is 0 Å². The van der Waals surface area contributed by atoms with E-state index in [-0.39, 0.29) is 17.9 Å². The summed E-state index contributed by atoms with van der Waals surface area (Å²) < 4.78 is 1.83. The summed E-state index contributed by atoms with van der Waals surface area (Å²) in [6.07, 6.45) is 2.80. The van der Waals surface area contributed by atoms with Gasteiger partial charge in [0.1, 0.15) is 0 Å². The zero-order valence-corrected chi connectivity index (χ0v) is 14.7. The molecule has 0 fully saturated rings. The molecule has 1 aliphatic rings. The molecule has 2 N–H and O–H groups in total. The molecule has 24 heavy (non-hydrogen) atoms. The van der Waals surface area contributed by atoms with Gasteiger partial charge in [0.25, 0.3) is 5.91 Å². The number of aromatic nitrogens is 2. The fourth-order valence-electron chi connectivity index (χ4n) is 3.18. The van der Waals surface area contributed by atoms with Gasteiger partial charge in [-0.2, -0.15) is 5.10 Å². The third-order valence-corrected chi connectivity index (χ3v) is 4.58. The second-order valence-corrected chi connectivity index (χ2v) is 6.70. The molecule has 1 amide bonds. The van der Waals surface area contributed by atoms with E-state index in [0.29, 0.717) is 12.1 Å². The van der Waals surface area contributed by atoms with Gasteiger partial charge in [-0.05, 0) is 30.4 Å². The van der Waals surface area contributed by atoms with Gasteiger partial charge in [-0.15, -0.1) is 0 Å². The van der Waals surface area contributed by atoms with E-state index < -0.39 is 0 Å². The number of rotatable bonds is 5. The van der Waals surface area contributed by atoms with Crippen LogP contribution in [0.25, 0.3) is 0 Å². The predicted octanol–water partition coefficient (Wildman–Crippen LogP) is 2.47. The molecule has 1 aromatic heterocycles. The second kappa shape index (κ2) is 7.18. The van der Waals surface area contributed by atoms with Gasteiger partial charge in [0.2, 0.25) is 0 Å². The predicted molar refractivity (Wildman–Crippen MR) is 95.1 cm³/mol. The third-order valence-electron chi connectivity index (χ3n) is 4.58. The van der Waals surface area contributed by atoms with Crippen LogP contribution in [0.1, 0.15) is 53.9 Å². The first-order valence-electron chi connectivity index (χ1n) is 8.74. The number of hydrogen-bond donors (Lipinski definition) is 2. The summed E-state index contributed by atoms with van der Waals surface area (Å²) in [6.45, 7) is 8.43. The number of nitrogens with zero attached hydrogens (tertiary/aromatic N) is 2. The van der Waals surface area contributed by atoms with Crippen molar-refractivity contribution in [3.63, 3.8) is 0 Å². The summed E-state index contributed by atoms with van der Waals surface area (Å²) in [5, 5.41) is 11.1. The minimum atomic E-state index is -0.0286. The summed E-state index contributed by atoms with van der Waals surface area (Å²) >= 11 is 0. The molecule has 0 radical (unpaired) electrons. The largest absolute Gasteiger partial charge is 0.350 e. The van der Waals surface area contributed by atoms with Gasteiger partial charge in [0, 0.05) is 31.9 Å². The SMILES string of the molecule is CCn1cc(C(=O)NCC2Cc3ccccc3CN2)c(C(C)C)n1. The fraction of sp³-hybridized carbons (Fsp3) is 0.474. The molecule has 3 rings (SSSR count). The van der Waals surface area contributed by atoms with Crippen molar-refractivity contribution in [2.75, 3.05) is 6.54 Å². The van der Waals surface area contributed by atoms with Crippen molar-refractivity contribution < 1.29 is 4.79 Å². The maximum Gasteiger partial charge on any atom is 0.254 e. The lowest BCUT2D eigenvalue weighted by molar-refractivity contribution is 0.0947. The van der Waals surface area contributed by atoms with Gasteiger partial charge in [-0.1, -0.05) is 38.1 Å². The van der Waals surface area contributed by atoms with Crippen LogP contribution in [0.15, 0.2) is 30.5 Å². The van der Waals surface area contributed by atoms with Crippen LogP contribution in [0.3, 0.4) is 0 Å². The van der Waals surface area contributed by atoms with E-state index in [2.05, 4.69) is 53.8 Å². The molecule has 1 aromatic carbocycles. The zero-order valence-electron chi connectivity index (χ0n) is 14.7. The third kappa shape index (κ3) is 3.51. The number of amides is 1. The van der Waals surface area contributed by atoms with Crippen molar-refractivity contribution in [3.05, 3.63) is 52.8 Å². The fourth-order valence-corrected chi connectivity index (χ4v) is 3.18. The van der Waals surface area contributed by atoms with Gasteiger partial charge in [0.15, 0.2) is 0 Å².